The maximum Gasteiger partial charge on any atom is 0.107 e. The zero-order chi connectivity index (χ0) is 9.30. The Labute approximate surface area is 73.4 Å². The van der Waals surface area contributed by atoms with Crippen molar-refractivity contribution in [3.05, 3.63) is 0 Å². The Bertz CT molecular complexity index is 147. The monoisotopic (exact) mass is 174 g/mol. The van der Waals surface area contributed by atoms with Gasteiger partial charge in [0.25, 0.3) is 0 Å². The van der Waals surface area contributed by atoms with Crippen LogP contribution in [0.5, 0.6) is 0 Å². The van der Waals surface area contributed by atoms with Gasteiger partial charge in [0.2, 0.25) is 0 Å². The highest BCUT2D eigenvalue weighted by molar-refractivity contribution is 4.86. The van der Waals surface area contributed by atoms with Gasteiger partial charge in [-0.3, -0.25) is 0 Å². The molecule has 1 aliphatic rings. The van der Waals surface area contributed by atoms with E-state index in [2.05, 4.69) is 0 Å². The molecule has 1 heterocycles. The zero-order valence-corrected chi connectivity index (χ0v) is 7.90. The van der Waals surface area contributed by atoms with E-state index >= 15 is 0 Å². The molecule has 0 radical (unpaired) electrons. The Hall–Kier alpha value is -0.120. The standard InChI is InChI=1S/C9H18O3/c1-5(2)9-8(11)7(10)6(3)4-12-9/h5-11H,4H2,1-3H3/t6-,7+,8-,9?/m1/s1. The minimum absolute atomic E-state index is 0.0370. The number of hydrogen-bond donors (Lipinski definition) is 2. The molecule has 1 aliphatic heterocycles. The highest BCUT2D eigenvalue weighted by atomic mass is 16.5. The summed E-state index contributed by atoms with van der Waals surface area (Å²) in [4.78, 5) is 0. The Morgan fingerprint density at radius 3 is 2.33 bits per heavy atom. The Morgan fingerprint density at radius 2 is 1.83 bits per heavy atom. The van der Waals surface area contributed by atoms with Gasteiger partial charge in [0.15, 0.2) is 0 Å². The van der Waals surface area contributed by atoms with Gasteiger partial charge in [-0.25, -0.2) is 0 Å². The van der Waals surface area contributed by atoms with E-state index in [1.54, 1.807) is 0 Å². The number of aliphatic hydroxyl groups excluding tert-OH is 2. The van der Waals surface area contributed by atoms with Crippen LogP contribution >= 0.6 is 0 Å². The topological polar surface area (TPSA) is 49.7 Å². The molecule has 2 N–H and O–H groups in total. The molecule has 12 heavy (non-hydrogen) atoms. The summed E-state index contributed by atoms with van der Waals surface area (Å²) in [7, 11) is 0. The fourth-order valence-corrected chi connectivity index (χ4v) is 1.58. The highest BCUT2D eigenvalue weighted by Crippen LogP contribution is 2.24. The number of ether oxygens (including phenoxy) is 1. The Morgan fingerprint density at radius 1 is 1.25 bits per heavy atom. The van der Waals surface area contributed by atoms with Crippen LogP contribution < -0.4 is 0 Å². The van der Waals surface area contributed by atoms with Gasteiger partial charge in [-0.2, -0.15) is 0 Å². The summed E-state index contributed by atoms with van der Waals surface area (Å²) in [6.45, 7) is 6.39. The summed E-state index contributed by atoms with van der Waals surface area (Å²) in [5.74, 6) is 0.289. The first kappa shape index (κ1) is 9.96. The van der Waals surface area contributed by atoms with E-state index in [1.165, 1.54) is 0 Å². The smallest absolute Gasteiger partial charge is 0.107 e. The van der Waals surface area contributed by atoms with E-state index in [0.717, 1.165) is 0 Å². The molecule has 0 aromatic rings. The third kappa shape index (κ3) is 1.79. The molecule has 0 aromatic heterocycles. The first-order chi connectivity index (χ1) is 5.54. The van der Waals surface area contributed by atoms with Gasteiger partial charge in [-0.05, 0) is 5.92 Å². The lowest BCUT2D eigenvalue weighted by Gasteiger charge is -2.38. The van der Waals surface area contributed by atoms with Crippen LogP contribution in [-0.4, -0.2) is 35.1 Å². The van der Waals surface area contributed by atoms with Crippen molar-refractivity contribution < 1.29 is 14.9 Å². The van der Waals surface area contributed by atoms with E-state index in [9.17, 15) is 10.2 Å². The van der Waals surface area contributed by atoms with Crippen molar-refractivity contribution in [3.63, 3.8) is 0 Å². The van der Waals surface area contributed by atoms with Gasteiger partial charge in [0.1, 0.15) is 6.10 Å². The van der Waals surface area contributed by atoms with Gasteiger partial charge in [-0.1, -0.05) is 20.8 Å². The van der Waals surface area contributed by atoms with Crippen LogP contribution in [0.2, 0.25) is 0 Å². The molecular formula is C9H18O3. The third-order valence-electron chi connectivity index (χ3n) is 2.48. The van der Waals surface area contributed by atoms with Crippen LogP contribution in [0.3, 0.4) is 0 Å². The van der Waals surface area contributed by atoms with Gasteiger partial charge in [0, 0.05) is 5.92 Å². The lowest BCUT2D eigenvalue weighted by molar-refractivity contribution is -0.172. The summed E-state index contributed by atoms with van der Waals surface area (Å²) >= 11 is 0. The summed E-state index contributed by atoms with van der Waals surface area (Å²) < 4.78 is 5.42. The predicted octanol–water partition coefficient (Wildman–Crippen LogP) is 0.399. The first-order valence-electron chi connectivity index (χ1n) is 4.51. The average molecular weight is 174 g/mol. The second-order valence-corrected chi connectivity index (χ2v) is 4.00. The first-order valence-corrected chi connectivity index (χ1v) is 4.51. The average Bonchev–Trinajstić information content (AvgIpc) is 2.00. The summed E-state index contributed by atoms with van der Waals surface area (Å²) in [6.07, 6.45) is -1.57. The Balaban J connectivity index is 2.58. The van der Waals surface area contributed by atoms with Crippen molar-refractivity contribution >= 4 is 0 Å². The molecule has 0 aromatic carbocycles. The van der Waals surface area contributed by atoms with E-state index in [0.29, 0.717) is 6.61 Å². The molecule has 1 unspecified atom stereocenters. The zero-order valence-electron chi connectivity index (χ0n) is 7.90. The van der Waals surface area contributed by atoms with Crippen LogP contribution in [0.4, 0.5) is 0 Å². The van der Waals surface area contributed by atoms with Crippen LogP contribution in [-0.2, 0) is 4.74 Å². The second kappa shape index (κ2) is 3.73. The molecule has 1 saturated heterocycles. The maximum atomic E-state index is 9.60. The summed E-state index contributed by atoms with van der Waals surface area (Å²) in [5.41, 5.74) is 0. The van der Waals surface area contributed by atoms with Crippen molar-refractivity contribution in [1.29, 1.82) is 0 Å². The quantitative estimate of drug-likeness (QED) is 0.605. The molecular weight excluding hydrogens is 156 g/mol. The van der Waals surface area contributed by atoms with E-state index < -0.39 is 12.2 Å². The predicted molar refractivity (Wildman–Crippen MR) is 45.8 cm³/mol. The molecule has 1 rings (SSSR count). The van der Waals surface area contributed by atoms with E-state index in [4.69, 9.17) is 4.74 Å². The molecule has 0 aliphatic carbocycles. The number of aliphatic hydroxyl groups is 2. The minimum atomic E-state index is -0.728. The van der Waals surface area contributed by atoms with E-state index in [-0.39, 0.29) is 17.9 Å². The van der Waals surface area contributed by atoms with Crippen molar-refractivity contribution in [2.75, 3.05) is 6.61 Å². The number of rotatable bonds is 1. The van der Waals surface area contributed by atoms with Crippen molar-refractivity contribution in [3.8, 4) is 0 Å². The van der Waals surface area contributed by atoms with E-state index in [1.807, 2.05) is 20.8 Å². The third-order valence-corrected chi connectivity index (χ3v) is 2.48. The lowest BCUT2D eigenvalue weighted by Crippen LogP contribution is -2.51. The summed E-state index contributed by atoms with van der Waals surface area (Å²) in [5, 5.41) is 19.1. The largest absolute Gasteiger partial charge is 0.390 e. The van der Waals surface area contributed by atoms with Gasteiger partial charge in [-0.15, -0.1) is 0 Å². The van der Waals surface area contributed by atoms with Crippen LogP contribution in [0.15, 0.2) is 0 Å². The normalized spacial score (nSPS) is 43.5. The van der Waals surface area contributed by atoms with Crippen LogP contribution in [0.25, 0.3) is 0 Å². The van der Waals surface area contributed by atoms with Crippen LogP contribution in [0, 0.1) is 11.8 Å². The minimum Gasteiger partial charge on any atom is -0.390 e. The van der Waals surface area contributed by atoms with Gasteiger partial charge in [0.05, 0.1) is 18.8 Å². The molecule has 1 fully saturated rings. The molecule has 72 valence electrons. The highest BCUT2D eigenvalue weighted by Gasteiger charge is 2.37. The Kier molecular flexibility index (Phi) is 3.09. The lowest BCUT2D eigenvalue weighted by atomic mass is 9.89. The van der Waals surface area contributed by atoms with Crippen molar-refractivity contribution in [2.45, 2.75) is 39.1 Å². The summed E-state index contributed by atoms with van der Waals surface area (Å²) in [6, 6.07) is 0. The molecule has 4 atom stereocenters. The molecule has 3 heteroatoms. The fourth-order valence-electron chi connectivity index (χ4n) is 1.58. The number of hydrogen-bond acceptors (Lipinski definition) is 3. The SMILES string of the molecule is CC(C)C1OC[C@@H](C)[C@H](O)[C@H]1O. The van der Waals surface area contributed by atoms with Gasteiger partial charge < -0.3 is 14.9 Å². The van der Waals surface area contributed by atoms with Crippen molar-refractivity contribution in [1.82, 2.24) is 0 Å². The fraction of sp³-hybridized carbons (Fsp3) is 1.00. The molecule has 0 saturated carbocycles. The second-order valence-electron chi connectivity index (χ2n) is 4.00. The molecule has 3 nitrogen and oxygen atoms in total. The molecule has 0 spiro atoms. The maximum absolute atomic E-state index is 9.60. The van der Waals surface area contributed by atoms with Crippen molar-refractivity contribution in [2.24, 2.45) is 11.8 Å². The van der Waals surface area contributed by atoms with Crippen LogP contribution in [0.1, 0.15) is 20.8 Å². The molecule has 0 bridgehead atoms. The molecule has 0 amide bonds. The van der Waals surface area contributed by atoms with Gasteiger partial charge >= 0.3 is 0 Å².